The molecule has 0 atom stereocenters. The lowest BCUT2D eigenvalue weighted by molar-refractivity contribution is 0.0510. The van der Waals surface area contributed by atoms with Crippen molar-refractivity contribution in [3.8, 4) is 0 Å². The van der Waals surface area contributed by atoms with Crippen LogP contribution in [-0.4, -0.2) is 64.6 Å². The van der Waals surface area contributed by atoms with Crippen LogP contribution in [0.4, 0.5) is 0 Å². The monoisotopic (exact) mass is 244 g/mol. The van der Waals surface area contributed by atoms with Gasteiger partial charge in [-0.2, -0.15) is 0 Å². The average Bonchev–Trinajstić information content (AvgIpc) is 2.37. The molecule has 1 rings (SSSR count). The molecule has 0 spiro atoms. The SMILES string of the molecule is CCNCC1CCN(CCOCCOC)CC1. The Morgan fingerprint density at radius 1 is 1.18 bits per heavy atom. The minimum atomic E-state index is 0.699. The fourth-order valence-electron chi connectivity index (χ4n) is 2.20. The maximum absolute atomic E-state index is 5.49. The van der Waals surface area contributed by atoms with Crippen molar-refractivity contribution in [2.45, 2.75) is 19.8 Å². The van der Waals surface area contributed by atoms with Crippen LogP contribution in [0.5, 0.6) is 0 Å². The van der Waals surface area contributed by atoms with Crippen molar-refractivity contribution in [3.05, 3.63) is 0 Å². The largest absolute Gasteiger partial charge is 0.382 e. The Kier molecular flexibility index (Phi) is 8.61. The summed E-state index contributed by atoms with van der Waals surface area (Å²) in [6.45, 7) is 10.2. The van der Waals surface area contributed by atoms with Gasteiger partial charge in [0, 0.05) is 13.7 Å². The number of nitrogens with one attached hydrogen (secondary N) is 1. The summed E-state index contributed by atoms with van der Waals surface area (Å²) in [7, 11) is 1.71. The summed E-state index contributed by atoms with van der Waals surface area (Å²) < 4.78 is 10.4. The molecule has 0 radical (unpaired) electrons. The molecule has 4 heteroatoms. The third-order valence-corrected chi connectivity index (χ3v) is 3.37. The third-order valence-electron chi connectivity index (χ3n) is 3.37. The lowest BCUT2D eigenvalue weighted by atomic mass is 9.97. The van der Waals surface area contributed by atoms with Gasteiger partial charge in [0.15, 0.2) is 0 Å². The maximum Gasteiger partial charge on any atom is 0.0700 e. The number of nitrogens with zero attached hydrogens (tertiary/aromatic N) is 1. The van der Waals surface area contributed by atoms with Crippen LogP contribution in [0.3, 0.4) is 0 Å². The molecular weight excluding hydrogens is 216 g/mol. The van der Waals surface area contributed by atoms with E-state index in [1.807, 2.05) is 0 Å². The van der Waals surface area contributed by atoms with Gasteiger partial charge in [-0.1, -0.05) is 6.92 Å². The first kappa shape index (κ1) is 14.9. The van der Waals surface area contributed by atoms with Crippen molar-refractivity contribution >= 4 is 0 Å². The van der Waals surface area contributed by atoms with E-state index in [0.717, 1.165) is 25.6 Å². The molecule has 0 aromatic carbocycles. The molecule has 17 heavy (non-hydrogen) atoms. The first-order valence-electron chi connectivity index (χ1n) is 6.86. The molecule has 0 bridgehead atoms. The van der Waals surface area contributed by atoms with Crippen LogP contribution in [0.1, 0.15) is 19.8 Å². The van der Waals surface area contributed by atoms with Crippen molar-refractivity contribution in [3.63, 3.8) is 0 Å². The minimum Gasteiger partial charge on any atom is -0.382 e. The van der Waals surface area contributed by atoms with E-state index in [1.165, 1.54) is 32.5 Å². The highest BCUT2D eigenvalue weighted by Crippen LogP contribution is 2.15. The summed E-state index contributed by atoms with van der Waals surface area (Å²) in [4.78, 5) is 2.51. The fraction of sp³-hybridized carbons (Fsp3) is 1.00. The molecule has 1 fully saturated rings. The van der Waals surface area contributed by atoms with E-state index in [2.05, 4.69) is 17.1 Å². The van der Waals surface area contributed by atoms with Crippen molar-refractivity contribution in [2.24, 2.45) is 5.92 Å². The molecule has 4 nitrogen and oxygen atoms in total. The molecule has 102 valence electrons. The van der Waals surface area contributed by atoms with Crippen molar-refractivity contribution < 1.29 is 9.47 Å². The molecule has 0 saturated carbocycles. The van der Waals surface area contributed by atoms with Crippen LogP contribution < -0.4 is 5.32 Å². The van der Waals surface area contributed by atoms with Crippen LogP contribution in [0.25, 0.3) is 0 Å². The van der Waals surface area contributed by atoms with Gasteiger partial charge < -0.3 is 19.7 Å². The second-order valence-corrected chi connectivity index (χ2v) is 4.70. The summed E-state index contributed by atoms with van der Waals surface area (Å²) >= 11 is 0. The zero-order valence-corrected chi connectivity index (χ0v) is 11.4. The van der Waals surface area contributed by atoms with Crippen LogP contribution in [0, 0.1) is 5.92 Å². The number of likely N-dealkylation sites (tertiary alicyclic amines) is 1. The van der Waals surface area contributed by atoms with Crippen LogP contribution in [0.2, 0.25) is 0 Å². The number of hydrogen-bond acceptors (Lipinski definition) is 4. The van der Waals surface area contributed by atoms with E-state index in [-0.39, 0.29) is 0 Å². The Balaban J connectivity index is 1.95. The minimum absolute atomic E-state index is 0.699. The summed E-state index contributed by atoms with van der Waals surface area (Å²) in [6.07, 6.45) is 2.65. The van der Waals surface area contributed by atoms with Crippen molar-refractivity contribution in [2.75, 3.05) is 59.7 Å². The highest BCUT2D eigenvalue weighted by molar-refractivity contribution is 4.73. The molecule has 1 aliphatic heterocycles. The van der Waals surface area contributed by atoms with E-state index in [4.69, 9.17) is 9.47 Å². The molecule has 0 amide bonds. The van der Waals surface area contributed by atoms with Crippen LogP contribution in [0.15, 0.2) is 0 Å². The Labute approximate surface area is 106 Å². The highest BCUT2D eigenvalue weighted by atomic mass is 16.5. The van der Waals surface area contributed by atoms with E-state index in [1.54, 1.807) is 7.11 Å². The van der Waals surface area contributed by atoms with Gasteiger partial charge in [-0.25, -0.2) is 0 Å². The normalized spacial score (nSPS) is 18.7. The van der Waals surface area contributed by atoms with Gasteiger partial charge >= 0.3 is 0 Å². The molecule has 0 aliphatic carbocycles. The standard InChI is InChI=1S/C13H28N2O2/c1-3-14-12-13-4-6-15(7-5-13)8-9-17-11-10-16-2/h13-14H,3-12H2,1-2H3. The number of ether oxygens (including phenoxy) is 2. The summed E-state index contributed by atoms with van der Waals surface area (Å²) in [5.41, 5.74) is 0. The predicted molar refractivity (Wildman–Crippen MR) is 70.4 cm³/mol. The van der Waals surface area contributed by atoms with Gasteiger partial charge in [-0.3, -0.25) is 0 Å². The first-order chi connectivity index (χ1) is 8.36. The fourth-order valence-corrected chi connectivity index (χ4v) is 2.20. The quantitative estimate of drug-likeness (QED) is 0.613. The summed E-state index contributed by atoms with van der Waals surface area (Å²) in [5, 5.41) is 3.44. The lowest BCUT2D eigenvalue weighted by Gasteiger charge is -2.31. The topological polar surface area (TPSA) is 33.7 Å². The number of piperidine rings is 1. The van der Waals surface area contributed by atoms with Gasteiger partial charge in [0.25, 0.3) is 0 Å². The van der Waals surface area contributed by atoms with Crippen molar-refractivity contribution in [1.82, 2.24) is 10.2 Å². The molecule has 1 aliphatic rings. The smallest absolute Gasteiger partial charge is 0.0700 e. The number of hydrogen-bond donors (Lipinski definition) is 1. The lowest BCUT2D eigenvalue weighted by Crippen LogP contribution is -2.38. The Bertz CT molecular complexity index is 168. The van der Waals surface area contributed by atoms with Crippen LogP contribution >= 0.6 is 0 Å². The molecule has 0 aromatic heterocycles. The second-order valence-electron chi connectivity index (χ2n) is 4.70. The number of methoxy groups -OCH3 is 1. The Morgan fingerprint density at radius 3 is 2.59 bits per heavy atom. The highest BCUT2D eigenvalue weighted by Gasteiger charge is 2.18. The van der Waals surface area contributed by atoms with Gasteiger partial charge in [-0.05, 0) is 44.9 Å². The van der Waals surface area contributed by atoms with E-state index in [0.29, 0.717) is 13.2 Å². The summed E-state index contributed by atoms with van der Waals surface area (Å²) in [6, 6.07) is 0. The van der Waals surface area contributed by atoms with Gasteiger partial charge in [0.05, 0.1) is 19.8 Å². The third kappa shape index (κ3) is 6.99. The molecule has 0 unspecified atom stereocenters. The van der Waals surface area contributed by atoms with E-state index >= 15 is 0 Å². The molecule has 1 saturated heterocycles. The van der Waals surface area contributed by atoms with Crippen LogP contribution in [-0.2, 0) is 9.47 Å². The second kappa shape index (κ2) is 9.83. The zero-order chi connectivity index (χ0) is 12.3. The number of rotatable bonds is 9. The molecule has 0 aromatic rings. The van der Waals surface area contributed by atoms with E-state index in [9.17, 15) is 0 Å². The molecule has 1 N–H and O–H groups in total. The van der Waals surface area contributed by atoms with E-state index < -0.39 is 0 Å². The van der Waals surface area contributed by atoms with Gasteiger partial charge in [0.1, 0.15) is 0 Å². The first-order valence-corrected chi connectivity index (χ1v) is 6.86. The Hall–Kier alpha value is -0.160. The molecule has 1 heterocycles. The van der Waals surface area contributed by atoms with Gasteiger partial charge in [-0.15, -0.1) is 0 Å². The summed E-state index contributed by atoms with van der Waals surface area (Å²) in [5.74, 6) is 0.876. The predicted octanol–water partition coefficient (Wildman–Crippen LogP) is 0.971. The Morgan fingerprint density at radius 2 is 1.94 bits per heavy atom. The zero-order valence-electron chi connectivity index (χ0n) is 11.4. The van der Waals surface area contributed by atoms with Gasteiger partial charge in [0.2, 0.25) is 0 Å². The average molecular weight is 244 g/mol. The maximum atomic E-state index is 5.49. The van der Waals surface area contributed by atoms with Crippen molar-refractivity contribution in [1.29, 1.82) is 0 Å². The molecular formula is C13H28N2O2.